The van der Waals surface area contributed by atoms with Crippen molar-refractivity contribution in [3.05, 3.63) is 47.2 Å². The van der Waals surface area contributed by atoms with Crippen molar-refractivity contribution in [2.45, 2.75) is 38.1 Å². The summed E-state index contributed by atoms with van der Waals surface area (Å²) >= 11 is 6.24. The molecule has 0 bridgehead atoms. The van der Waals surface area contributed by atoms with Crippen LogP contribution >= 0.6 is 11.6 Å². The van der Waals surface area contributed by atoms with Gasteiger partial charge in [-0.05, 0) is 31.0 Å². The van der Waals surface area contributed by atoms with Gasteiger partial charge in [0.1, 0.15) is 5.69 Å². The molecule has 1 fully saturated rings. The van der Waals surface area contributed by atoms with Crippen molar-refractivity contribution in [2.75, 3.05) is 5.32 Å². The quantitative estimate of drug-likeness (QED) is 0.690. The second kappa shape index (κ2) is 7.23. The van der Waals surface area contributed by atoms with Gasteiger partial charge in [0.05, 0.1) is 17.7 Å². The summed E-state index contributed by atoms with van der Waals surface area (Å²) in [4.78, 5) is 9.27. The molecular formula is C21H20ClN6+. The summed E-state index contributed by atoms with van der Waals surface area (Å²) in [5.41, 5.74) is 4.74. The number of hydrogen-bond donors (Lipinski definition) is 1. The van der Waals surface area contributed by atoms with E-state index in [1.165, 1.54) is 25.7 Å². The fraction of sp³-hybridized carbons (Fsp3) is 0.286. The molecule has 3 aromatic rings. The Hall–Kier alpha value is -2.95. The summed E-state index contributed by atoms with van der Waals surface area (Å²) in [6.07, 6.45) is 11.0. The molecule has 0 radical (unpaired) electrons. The largest absolute Gasteiger partial charge is 0.362 e. The maximum Gasteiger partial charge on any atom is 0.362 e. The monoisotopic (exact) mass is 391 g/mol. The number of hydrogen-bond acceptors (Lipinski definition) is 4. The van der Waals surface area contributed by atoms with E-state index in [4.69, 9.17) is 21.7 Å². The third-order valence-electron chi connectivity index (χ3n) is 5.27. The standard InChI is InChI=1S/C21H20ClN6/c22-15-5-3-4-14(12-15)20-19(18-9-10-23-13-28(18)27-20)17-8-11-24-21(26-17)25-16-6-1-2-7-16/h3-5,8,10-13,16H,1-2,6-7,9H2,(H,24,25,26)/q+1. The Labute approximate surface area is 168 Å². The average Bonchev–Trinajstić information content (AvgIpc) is 3.35. The molecule has 1 aliphatic heterocycles. The van der Waals surface area contributed by atoms with Crippen LogP contribution in [0.1, 0.15) is 31.4 Å². The molecular weight excluding hydrogens is 372 g/mol. The molecule has 2 aliphatic rings. The van der Waals surface area contributed by atoms with Crippen LogP contribution in [0.25, 0.3) is 22.5 Å². The molecule has 0 atom stereocenters. The highest BCUT2D eigenvalue weighted by Crippen LogP contribution is 2.35. The zero-order chi connectivity index (χ0) is 18.9. The first-order valence-corrected chi connectivity index (χ1v) is 9.98. The van der Waals surface area contributed by atoms with Crippen LogP contribution in [0.5, 0.6) is 0 Å². The number of anilines is 1. The van der Waals surface area contributed by atoms with E-state index in [-0.39, 0.29) is 0 Å². The Morgan fingerprint density at radius 2 is 2.07 bits per heavy atom. The average molecular weight is 392 g/mol. The van der Waals surface area contributed by atoms with Crippen LogP contribution in [0.2, 0.25) is 5.02 Å². The van der Waals surface area contributed by atoms with E-state index in [9.17, 15) is 0 Å². The molecule has 0 saturated heterocycles. The van der Waals surface area contributed by atoms with Crippen LogP contribution < -0.4 is 9.98 Å². The third kappa shape index (κ3) is 3.21. The van der Waals surface area contributed by atoms with Crippen molar-refractivity contribution >= 4 is 30.1 Å². The number of nitrogens with one attached hydrogen (secondary N) is 1. The lowest BCUT2D eigenvalue weighted by atomic mass is 10.0. The first-order chi connectivity index (χ1) is 13.8. The molecule has 1 aromatic carbocycles. The fourth-order valence-electron chi connectivity index (χ4n) is 3.94. The van der Waals surface area contributed by atoms with Gasteiger partial charge in [-0.3, -0.25) is 0 Å². The predicted molar refractivity (Wildman–Crippen MR) is 113 cm³/mol. The van der Waals surface area contributed by atoms with Crippen LogP contribution in [0.3, 0.4) is 0 Å². The molecule has 28 heavy (non-hydrogen) atoms. The minimum atomic E-state index is 0.462. The summed E-state index contributed by atoms with van der Waals surface area (Å²) in [7, 11) is 0. The van der Waals surface area contributed by atoms with E-state index in [1.54, 1.807) is 6.34 Å². The van der Waals surface area contributed by atoms with Gasteiger partial charge in [-0.1, -0.05) is 46.4 Å². The van der Waals surface area contributed by atoms with Crippen molar-refractivity contribution in [3.8, 4) is 22.5 Å². The van der Waals surface area contributed by atoms with Crippen molar-refractivity contribution < 1.29 is 0 Å². The molecule has 6 nitrogen and oxygen atoms in total. The maximum absolute atomic E-state index is 6.24. The van der Waals surface area contributed by atoms with E-state index in [0.29, 0.717) is 23.4 Å². The number of halogens is 1. The lowest BCUT2D eigenvalue weighted by Gasteiger charge is -2.12. The van der Waals surface area contributed by atoms with Gasteiger partial charge in [0, 0.05) is 22.8 Å². The van der Waals surface area contributed by atoms with Gasteiger partial charge in [0.25, 0.3) is 0 Å². The topological polar surface area (TPSA) is 69.7 Å². The van der Waals surface area contributed by atoms with E-state index >= 15 is 0 Å². The molecule has 0 unspecified atom stereocenters. The van der Waals surface area contributed by atoms with Gasteiger partial charge in [-0.2, -0.15) is 0 Å². The van der Waals surface area contributed by atoms with Crippen LogP contribution in [-0.2, 0) is 6.42 Å². The highest BCUT2D eigenvalue weighted by atomic mass is 35.5. The fourth-order valence-corrected chi connectivity index (χ4v) is 4.13. The van der Waals surface area contributed by atoms with E-state index in [0.717, 1.165) is 28.2 Å². The van der Waals surface area contributed by atoms with Crippen molar-refractivity contribution in [1.29, 1.82) is 0 Å². The first kappa shape index (κ1) is 17.2. The van der Waals surface area contributed by atoms with Gasteiger partial charge in [0.2, 0.25) is 5.95 Å². The molecule has 5 rings (SSSR count). The molecule has 1 saturated carbocycles. The second-order valence-corrected chi connectivity index (χ2v) is 7.60. The van der Waals surface area contributed by atoms with Crippen molar-refractivity contribution in [3.63, 3.8) is 0 Å². The first-order valence-electron chi connectivity index (χ1n) is 9.60. The van der Waals surface area contributed by atoms with Gasteiger partial charge >= 0.3 is 6.34 Å². The summed E-state index contributed by atoms with van der Waals surface area (Å²) < 4.78 is 6.07. The van der Waals surface area contributed by atoms with Gasteiger partial charge < -0.3 is 5.32 Å². The maximum atomic E-state index is 6.24. The smallest absolute Gasteiger partial charge is 0.351 e. The molecule has 140 valence electrons. The van der Waals surface area contributed by atoms with E-state index < -0.39 is 0 Å². The van der Waals surface area contributed by atoms with Gasteiger partial charge in [-0.25, -0.2) is 14.6 Å². The summed E-state index contributed by atoms with van der Waals surface area (Å²) in [5, 5.41) is 8.95. The number of aromatic nitrogens is 4. The predicted octanol–water partition coefficient (Wildman–Crippen LogP) is 3.59. The normalized spacial score (nSPS) is 15.8. The molecule has 1 aliphatic carbocycles. The zero-order valence-corrected chi connectivity index (χ0v) is 16.1. The summed E-state index contributed by atoms with van der Waals surface area (Å²) in [6, 6.07) is 10.2. The van der Waals surface area contributed by atoms with Crippen molar-refractivity contribution in [2.24, 2.45) is 0 Å². The minimum absolute atomic E-state index is 0.462. The number of benzene rings is 1. The van der Waals surface area contributed by atoms with Crippen molar-refractivity contribution in [1.82, 2.24) is 24.4 Å². The zero-order valence-electron chi connectivity index (χ0n) is 15.3. The number of fused-ring (bicyclic) bond motifs is 1. The molecule has 2 aromatic heterocycles. The molecule has 7 heteroatoms. The summed E-state index contributed by atoms with van der Waals surface area (Å²) in [6.45, 7) is 0. The number of nitrogens with zero attached hydrogens (tertiary/aromatic N) is 5. The van der Waals surface area contributed by atoms with Gasteiger partial charge in [0.15, 0.2) is 11.9 Å². The second-order valence-electron chi connectivity index (χ2n) is 7.17. The molecule has 3 heterocycles. The van der Waals surface area contributed by atoms with Gasteiger partial charge in [-0.15, -0.1) is 0 Å². The Morgan fingerprint density at radius 3 is 2.93 bits per heavy atom. The Morgan fingerprint density at radius 1 is 1.18 bits per heavy atom. The summed E-state index contributed by atoms with van der Waals surface area (Å²) in [5.74, 6) is 0.676. The molecule has 0 amide bonds. The van der Waals surface area contributed by atoms with Crippen LogP contribution in [0.4, 0.5) is 5.95 Å². The van der Waals surface area contributed by atoms with Crippen LogP contribution in [-0.4, -0.2) is 38.3 Å². The molecule has 0 spiro atoms. The Balaban J connectivity index is 1.61. The van der Waals surface area contributed by atoms with Crippen LogP contribution in [0, 0.1) is 0 Å². The lowest BCUT2D eigenvalue weighted by molar-refractivity contribution is 0.744. The highest BCUT2D eigenvalue weighted by molar-refractivity contribution is 6.30. The van der Waals surface area contributed by atoms with Crippen LogP contribution in [0.15, 0.2) is 36.5 Å². The third-order valence-corrected chi connectivity index (χ3v) is 5.51. The minimum Gasteiger partial charge on any atom is -0.351 e. The molecule has 1 N–H and O–H groups in total. The number of rotatable bonds is 4. The lowest BCUT2D eigenvalue weighted by Crippen LogP contribution is -2.16. The van der Waals surface area contributed by atoms with E-state index in [2.05, 4.69) is 15.0 Å². The SMILES string of the molecule is Clc1cccc(-c2nn3c(c2-c2ccnc(NC4CCCC4)n2)CC=[N+]=C3)c1. The Kier molecular flexibility index (Phi) is 4.43. The van der Waals surface area contributed by atoms with E-state index in [1.807, 2.05) is 47.4 Å². The Bertz CT molecular complexity index is 1090. The highest BCUT2D eigenvalue weighted by Gasteiger charge is 2.27.